The minimum atomic E-state index is -0.542. The SMILES string of the molecule is COC(=O)C(C(C)C)N(C)C(=O)N1CCNC[C@H]1C. The molecular formula is C13H25N3O3. The first-order valence-electron chi connectivity index (χ1n) is 6.72. The van der Waals surface area contributed by atoms with Gasteiger partial charge < -0.3 is 19.9 Å². The summed E-state index contributed by atoms with van der Waals surface area (Å²) in [6.45, 7) is 8.05. The Bertz CT molecular complexity index is 333. The lowest BCUT2D eigenvalue weighted by atomic mass is 10.0. The van der Waals surface area contributed by atoms with Crippen LogP contribution in [-0.2, 0) is 9.53 Å². The van der Waals surface area contributed by atoms with Crippen LogP contribution >= 0.6 is 0 Å². The van der Waals surface area contributed by atoms with Gasteiger partial charge in [0, 0.05) is 32.7 Å². The molecule has 6 nitrogen and oxygen atoms in total. The molecule has 19 heavy (non-hydrogen) atoms. The van der Waals surface area contributed by atoms with Gasteiger partial charge in [0.25, 0.3) is 0 Å². The monoisotopic (exact) mass is 271 g/mol. The molecule has 1 unspecified atom stereocenters. The van der Waals surface area contributed by atoms with E-state index in [2.05, 4.69) is 5.32 Å². The molecule has 1 fully saturated rings. The second-order valence-electron chi connectivity index (χ2n) is 5.35. The lowest BCUT2D eigenvalue weighted by Crippen LogP contribution is -2.58. The summed E-state index contributed by atoms with van der Waals surface area (Å²) in [6.07, 6.45) is 0. The lowest BCUT2D eigenvalue weighted by molar-refractivity contribution is -0.147. The van der Waals surface area contributed by atoms with Gasteiger partial charge in [0.2, 0.25) is 0 Å². The van der Waals surface area contributed by atoms with Crippen LogP contribution in [0.2, 0.25) is 0 Å². The normalized spacial score (nSPS) is 21.2. The van der Waals surface area contributed by atoms with Gasteiger partial charge in [0.1, 0.15) is 6.04 Å². The standard InChI is InChI=1S/C13H25N3O3/c1-9(2)11(12(17)19-5)15(4)13(18)16-7-6-14-8-10(16)3/h9-11,14H,6-8H2,1-5H3/t10-,11?/m1/s1. The third-order valence-electron chi connectivity index (χ3n) is 3.54. The molecule has 0 aromatic heterocycles. The van der Waals surface area contributed by atoms with Crippen molar-refractivity contribution in [1.82, 2.24) is 15.1 Å². The molecular weight excluding hydrogens is 246 g/mol. The molecule has 0 aromatic carbocycles. The maximum Gasteiger partial charge on any atom is 0.328 e. The van der Waals surface area contributed by atoms with Crippen LogP contribution in [0.1, 0.15) is 20.8 Å². The van der Waals surface area contributed by atoms with E-state index in [0.717, 1.165) is 13.1 Å². The number of nitrogens with zero attached hydrogens (tertiary/aromatic N) is 2. The molecule has 6 heteroatoms. The average Bonchev–Trinajstić information content (AvgIpc) is 2.37. The molecule has 1 rings (SSSR count). The van der Waals surface area contributed by atoms with Crippen LogP contribution < -0.4 is 5.32 Å². The Labute approximate surface area is 115 Å². The number of amides is 2. The summed E-state index contributed by atoms with van der Waals surface area (Å²) < 4.78 is 4.80. The lowest BCUT2D eigenvalue weighted by Gasteiger charge is -2.39. The summed E-state index contributed by atoms with van der Waals surface area (Å²) in [5.74, 6) is -0.353. The van der Waals surface area contributed by atoms with E-state index in [0.29, 0.717) is 6.54 Å². The topological polar surface area (TPSA) is 61.9 Å². The van der Waals surface area contributed by atoms with Gasteiger partial charge in [-0.15, -0.1) is 0 Å². The molecule has 2 amide bonds. The quantitative estimate of drug-likeness (QED) is 0.761. The van der Waals surface area contributed by atoms with Crippen molar-refractivity contribution in [1.29, 1.82) is 0 Å². The Morgan fingerprint density at radius 1 is 1.42 bits per heavy atom. The van der Waals surface area contributed by atoms with Crippen LogP contribution in [0.25, 0.3) is 0 Å². The number of likely N-dealkylation sites (N-methyl/N-ethyl adjacent to an activating group) is 1. The number of carbonyl (C=O) groups is 2. The molecule has 0 aliphatic carbocycles. The number of carbonyl (C=O) groups excluding carboxylic acids is 2. The van der Waals surface area contributed by atoms with Crippen molar-refractivity contribution in [3.8, 4) is 0 Å². The van der Waals surface area contributed by atoms with Crippen LogP contribution in [0.15, 0.2) is 0 Å². The Hall–Kier alpha value is -1.30. The molecule has 1 saturated heterocycles. The van der Waals surface area contributed by atoms with E-state index in [1.165, 1.54) is 12.0 Å². The molecule has 1 heterocycles. The largest absolute Gasteiger partial charge is 0.467 e. The Morgan fingerprint density at radius 3 is 2.53 bits per heavy atom. The maximum atomic E-state index is 12.5. The van der Waals surface area contributed by atoms with Gasteiger partial charge >= 0.3 is 12.0 Å². The van der Waals surface area contributed by atoms with Gasteiger partial charge in [-0.1, -0.05) is 13.8 Å². The highest BCUT2D eigenvalue weighted by Crippen LogP contribution is 2.15. The summed E-state index contributed by atoms with van der Waals surface area (Å²) in [5, 5.41) is 3.24. The zero-order chi connectivity index (χ0) is 14.6. The average molecular weight is 271 g/mol. The summed E-state index contributed by atoms with van der Waals surface area (Å²) in [7, 11) is 3.02. The van der Waals surface area contributed by atoms with E-state index in [1.807, 2.05) is 20.8 Å². The second kappa shape index (κ2) is 6.75. The first-order chi connectivity index (χ1) is 8.90. The summed E-state index contributed by atoms with van der Waals surface area (Å²) in [6, 6.07) is -0.521. The number of nitrogens with one attached hydrogen (secondary N) is 1. The maximum absolute atomic E-state index is 12.5. The van der Waals surface area contributed by atoms with Gasteiger partial charge in [-0.25, -0.2) is 9.59 Å². The summed E-state index contributed by atoms with van der Waals surface area (Å²) in [5.41, 5.74) is 0. The molecule has 0 saturated carbocycles. The van der Waals surface area contributed by atoms with Gasteiger partial charge in [-0.2, -0.15) is 0 Å². The summed E-state index contributed by atoms with van der Waals surface area (Å²) >= 11 is 0. The van der Waals surface area contributed by atoms with Gasteiger partial charge in [-0.05, 0) is 12.8 Å². The number of methoxy groups -OCH3 is 1. The van der Waals surface area contributed by atoms with Crippen LogP contribution in [0.5, 0.6) is 0 Å². The Balaban J connectivity index is 2.80. The van der Waals surface area contributed by atoms with Crippen LogP contribution in [0, 0.1) is 5.92 Å². The van der Waals surface area contributed by atoms with Crippen LogP contribution in [-0.4, -0.2) is 67.7 Å². The number of rotatable bonds is 3. The fourth-order valence-electron chi connectivity index (χ4n) is 2.45. The molecule has 0 radical (unpaired) electrons. The minimum Gasteiger partial charge on any atom is -0.467 e. The number of urea groups is 1. The summed E-state index contributed by atoms with van der Waals surface area (Å²) in [4.78, 5) is 27.6. The third kappa shape index (κ3) is 3.59. The van der Waals surface area contributed by atoms with E-state index in [9.17, 15) is 9.59 Å². The van der Waals surface area contributed by atoms with E-state index in [4.69, 9.17) is 4.74 Å². The van der Waals surface area contributed by atoms with E-state index >= 15 is 0 Å². The molecule has 110 valence electrons. The fraction of sp³-hybridized carbons (Fsp3) is 0.846. The number of esters is 1. The highest BCUT2D eigenvalue weighted by atomic mass is 16.5. The smallest absolute Gasteiger partial charge is 0.328 e. The Morgan fingerprint density at radius 2 is 2.05 bits per heavy atom. The van der Waals surface area contributed by atoms with Crippen molar-refractivity contribution in [3.63, 3.8) is 0 Å². The van der Waals surface area contributed by atoms with E-state index in [1.54, 1.807) is 11.9 Å². The molecule has 0 aromatic rings. The van der Waals surface area contributed by atoms with E-state index in [-0.39, 0.29) is 24.0 Å². The highest BCUT2D eigenvalue weighted by molar-refractivity contribution is 5.84. The van der Waals surface area contributed by atoms with Crippen molar-refractivity contribution in [2.45, 2.75) is 32.9 Å². The van der Waals surface area contributed by atoms with Crippen molar-refractivity contribution < 1.29 is 14.3 Å². The van der Waals surface area contributed by atoms with E-state index < -0.39 is 6.04 Å². The second-order valence-corrected chi connectivity index (χ2v) is 5.35. The van der Waals surface area contributed by atoms with Gasteiger partial charge in [0.15, 0.2) is 0 Å². The fourth-order valence-corrected chi connectivity index (χ4v) is 2.45. The zero-order valence-corrected chi connectivity index (χ0v) is 12.5. The first kappa shape index (κ1) is 15.8. The number of hydrogen-bond donors (Lipinski definition) is 1. The molecule has 1 N–H and O–H groups in total. The molecule has 1 aliphatic rings. The molecule has 0 bridgehead atoms. The predicted molar refractivity (Wildman–Crippen MR) is 72.8 cm³/mol. The molecule has 1 aliphatic heterocycles. The first-order valence-corrected chi connectivity index (χ1v) is 6.72. The third-order valence-corrected chi connectivity index (χ3v) is 3.54. The molecule has 2 atom stereocenters. The van der Waals surface area contributed by atoms with Gasteiger partial charge in [0.05, 0.1) is 7.11 Å². The van der Waals surface area contributed by atoms with Crippen LogP contribution in [0.4, 0.5) is 4.79 Å². The number of hydrogen-bond acceptors (Lipinski definition) is 4. The predicted octanol–water partition coefficient (Wildman–Crippen LogP) is 0.530. The van der Waals surface area contributed by atoms with Crippen molar-refractivity contribution >= 4 is 12.0 Å². The Kier molecular flexibility index (Phi) is 5.60. The number of ether oxygens (including phenoxy) is 1. The van der Waals surface area contributed by atoms with Crippen LogP contribution in [0.3, 0.4) is 0 Å². The van der Waals surface area contributed by atoms with Gasteiger partial charge in [-0.3, -0.25) is 0 Å². The molecule has 0 spiro atoms. The van der Waals surface area contributed by atoms with Crippen molar-refractivity contribution in [3.05, 3.63) is 0 Å². The zero-order valence-electron chi connectivity index (χ0n) is 12.5. The van der Waals surface area contributed by atoms with Crippen molar-refractivity contribution in [2.24, 2.45) is 5.92 Å². The van der Waals surface area contributed by atoms with Crippen molar-refractivity contribution in [2.75, 3.05) is 33.8 Å². The minimum absolute atomic E-state index is 0.0135. The highest BCUT2D eigenvalue weighted by Gasteiger charge is 2.34. The number of piperazine rings is 1.